The summed E-state index contributed by atoms with van der Waals surface area (Å²) in [5.74, 6) is 0.919. The fourth-order valence-electron chi connectivity index (χ4n) is 3.64. The molecule has 0 aliphatic heterocycles. The van der Waals surface area contributed by atoms with Crippen LogP contribution >= 0.6 is 0 Å². The van der Waals surface area contributed by atoms with E-state index in [-0.39, 0.29) is 0 Å². The average molecular weight is 367 g/mol. The molecule has 0 bridgehead atoms. The van der Waals surface area contributed by atoms with Crippen LogP contribution in [-0.2, 0) is 13.2 Å². The van der Waals surface area contributed by atoms with Crippen LogP contribution < -0.4 is 4.74 Å². The van der Waals surface area contributed by atoms with Crippen LogP contribution in [0.5, 0.6) is 5.75 Å². The Labute approximate surface area is 167 Å². The molecule has 0 saturated carbocycles. The first-order chi connectivity index (χ1) is 13.7. The van der Waals surface area contributed by atoms with E-state index in [0.29, 0.717) is 6.61 Å². The zero-order chi connectivity index (χ0) is 19.3. The van der Waals surface area contributed by atoms with E-state index in [0.717, 1.165) is 17.9 Å². The molecule has 0 N–H and O–H groups in total. The van der Waals surface area contributed by atoms with Crippen molar-refractivity contribution in [1.82, 2.24) is 4.90 Å². The van der Waals surface area contributed by atoms with Crippen molar-refractivity contribution in [2.75, 3.05) is 14.1 Å². The second-order valence-electron chi connectivity index (χ2n) is 7.33. The van der Waals surface area contributed by atoms with E-state index in [1.54, 1.807) is 0 Å². The van der Waals surface area contributed by atoms with Gasteiger partial charge in [0.25, 0.3) is 0 Å². The summed E-state index contributed by atoms with van der Waals surface area (Å²) in [6.07, 6.45) is 0. The van der Waals surface area contributed by atoms with Crippen molar-refractivity contribution in [3.8, 4) is 16.9 Å². The zero-order valence-corrected chi connectivity index (χ0v) is 16.4. The average Bonchev–Trinajstić information content (AvgIpc) is 2.73. The Hall–Kier alpha value is -3.10. The first kappa shape index (κ1) is 18.3. The van der Waals surface area contributed by atoms with Crippen LogP contribution in [0.3, 0.4) is 0 Å². The third-order valence-corrected chi connectivity index (χ3v) is 4.90. The van der Waals surface area contributed by atoms with E-state index in [1.807, 2.05) is 24.3 Å². The third kappa shape index (κ3) is 3.92. The number of para-hydroxylation sites is 1. The molecule has 0 heterocycles. The summed E-state index contributed by atoms with van der Waals surface area (Å²) >= 11 is 0. The van der Waals surface area contributed by atoms with E-state index >= 15 is 0 Å². The number of benzene rings is 4. The maximum Gasteiger partial charge on any atom is 0.127 e. The maximum atomic E-state index is 6.27. The molecule has 2 nitrogen and oxygen atoms in total. The van der Waals surface area contributed by atoms with Gasteiger partial charge in [-0.3, -0.25) is 0 Å². The zero-order valence-electron chi connectivity index (χ0n) is 16.4. The largest absolute Gasteiger partial charge is 0.488 e. The van der Waals surface area contributed by atoms with Crippen molar-refractivity contribution >= 4 is 10.8 Å². The van der Waals surface area contributed by atoms with E-state index < -0.39 is 0 Å². The Bertz CT molecular complexity index is 1070. The molecule has 28 heavy (non-hydrogen) atoms. The minimum Gasteiger partial charge on any atom is -0.488 e. The molecule has 2 heteroatoms. The first-order valence-corrected chi connectivity index (χ1v) is 9.64. The lowest BCUT2D eigenvalue weighted by Gasteiger charge is -2.19. The van der Waals surface area contributed by atoms with Crippen LogP contribution in [0.15, 0.2) is 91.0 Å². The Balaban J connectivity index is 1.81. The smallest absolute Gasteiger partial charge is 0.127 e. The lowest BCUT2D eigenvalue weighted by Crippen LogP contribution is -2.11. The van der Waals surface area contributed by atoms with Gasteiger partial charge in [0.05, 0.1) is 0 Å². The summed E-state index contributed by atoms with van der Waals surface area (Å²) in [6.45, 7) is 1.44. The maximum absolute atomic E-state index is 6.27. The Morgan fingerprint density at radius 2 is 1.43 bits per heavy atom. The van der Waals surface area contributed by atoms with Gasteiger partial charge in [0.2, 0.25) is 0 Å². The molecule has 0 saturated heterocycles. The summed E-state index contributed by atoms with van der Waals surface area (Å²) in [5.41, 5.74) is 4.88. The molecule has 0 unspecified atom stereocenters. The molecule has 0 spiro atoms. The summed E-state index contributed by atoms with van der Waals surface area (Å²) in [5, 5.41) is 2.51. The van der Waals surface area contributed by atoms with Crippen molar-refractivity contribution in [2.24, 2.45) is 0 Å². The lowest BCUT2D eigenvalue weighted by molar-refractivity contribution is 0.307. The number of nitrogens with zero attached hydrogens (tertiary/aromatic N) is 1. The quantitative estimate of drug-likeness (QED) is 0.405. The Morgan fingerprint density at radius 1 is 0.714 bits per heavy atom. The lowest BCUT2D eigenvalue weighted by atomic mass is 9.92. The standard InChI is InChI=1S/C26H25NO/c1-27(2)18-22-17-16-21-12-6-7-13-23(21)26(22)24-14-8-9-15-25(24)28-19-20-10-4-3-5-11-20/h3-17H,18-19H2,1-2H3. The van der Waals surface area contributed by atoms with Gasteiger partial charge in [0.1, 0.15) is 12.4 Å². The van der Waals surface area contributed by atoms with Crippen LogP contribution in [0.4, 0.5) is 0 Å². The van der Waals surface area contributed by atoms with Gasteiger partial charge in [-0.1, -0.05) is 84.9 Å². The van der Waals surface area contributed by atoms with Gasteiger partial charge in [0, 0.05) is 12.1 Å². The predicted octanol–water partition coefficient (Wildman–Crippen LogP) is 6.15. The summed E-state index contributed by atoms with van der Waals surface area (Å²) in [7, 11) is 4.22. The molecule has 4 aromatic carbocycles. The van der Waals surface area contributed by atoms with Gasteiger partial charge in [0.15, 0.2) is 0 Å². The highest BCUT2D eigenvalue weighted by Crippen LogP contribution is 2.38. The van der Waals surface area contributed by atoms with Gasteiger partial charge in [-0.05, 0) is 47.6 Å². The third-order valence-electron chi connectivity index (χ3n) is 4.90. The minimum absolute atomic E-state index is 0.561. The molecule has 0 amide bonds. The molecular weight excluding hydrogens is 342 g/mol. The van der Waals surface area contributed by atoms with Crippen molar-refractivity contribution < 1.29 is 4.74 Å². The number of hydrogen-bond donors (Lipinski definition) is 0. The summed E-state index contributed by atoms with van der Waals surface area (Å²) < 4.78 is 6.27. The number of fused-ring (bicyclic) bond motifs is 1. The summed E-state index contributed by atoms with van der Waals surface area (Å²) in [6, 6.07) is 31.7. The van der Waals surface area contributed by atoms with Crippen LogP contribution in [0.25, 0.3) is 21.9 Å². The second-order valence-corrected chi connectivity index (χ2v) is 7.33. The fraction of sp³-hybridized carbons (Fsp3) is 0.154. The molecule has 4 aromatic rings. The molecule has 0 aliphatic rings. The van der Waals surface area contributed by atoms with Gasteiger partial charge in [-0.15, -0.1) is 0 Å². The molecule has 0 aromatic heterocycles. The molecule has 0 atom stereocenters. The van der Waals surface area contributed by atoms with Crippen LogP contribution in [0.2, 0.25) is 0 Å². The number of rotatable bonds is 6. The van der Waals surface area contributed by atoms with Gasteiger partial charge < -0.3 is 9.64 Å². The molecule has 4 rings (SSSR count). The SMILES string of the molecule is CN(C)Cc1ccc2ccccc2c1-c1ccccc1OCc1ccccc1. The fourth-order valence-corrected chi connectivity index (χ4v) is 3.64. The first-order valence-electron chi connectivity index (χ1n) is 9.64. The van der Waals surface area contributed by atoms with Gasteiger partial charge in [-0.2, -0.15) is 0 Å². The second kappa shape index (κ2) is 8.28. The van der Waals surface area contributed by atoms with E-state index in [1.165, 1.54) is 27.5 Å². The molecule has 0 radical (unpaired) electrons. The van der Waals surface area contributed by atoms with E-state index in [9.17, 15) is 0 Å². The van der Waals surface area contributed by atoms with Crippen LogP contribution in [-0.4, -0.2) is 19.0 Å². The highest BCUT2D eigenvalue weighted by molar-refractivity contribution is 5.99. The summed E-state index contributed by atoms with van der Waals surface area (Å²) in [4.78, 5) is 2.21. The van der Waals surface area contributed by atoms with Crippen molar-refractivity contribution in [1.29, 1.82) is 0 Å². The van der Waals surface area contributed by atoms with E-state index in [4.69, 9.17) is 4.74 Å². The van der Waals surface area contributed by atoms with Gasteiger partial charge in [-0.25, -0.2) is 0 Å². The normalized spacial score (nSPS) is 11.1. The molecule has 0 fully saturated rings. The number of hydrogen-bond acceptors (Lipinski definition) is 2. The van der Waals surface area contributed by atoms with Crippen LogP contribution in [0, 0.1) is 0 Å². The minimum atomic E-state index is 0.561. The van der Waals surface area contributed by atoms with E-state index in [2.05, 4.69) is 85.7 Å². The van der Waals surface area contributed by atoms with Gasteiger partial charge >= 0.3 is 0 Å². The van der Waals surface area contributed by atoms with Crippen molar-refractivity contribution in [2.45, 2.75) is 13.2 Å². The van der Waals surface area contributed by atoms with Crippen LogP contribution in [0.1, 0.15) is 11.1 Å². The number of ether oxygens (including phenoxy) is 1. The highest BCUT2D eigenvalue weighted by Gasteiger charge is 2.15. The monoisotopic (exact) mass is 367 g/mol. The van der Waals surface area contributed by atoms with Crippen molar-refractivity contribution in [3.63, 3.8) is 0 Å². The molecule has 0 aliphatic carbocycles. The molecular formula is C26H25NO. The highest BCUT2D eigenvalue weighted by atomic mass is 16.5. The Morgan fingerprint density at radius 3 is 2.25 bits per heavy atom. The predicted molar refractivity (Wildman–Crippen MR) is 118 cm³/mol. The molecule has 140 valence electrons. The van der Waals surface area contributed by atoms with Crippen molar-refractivity contribution in [3.05, 3.63) is 102 Å². The Kier molecular flexibility index (Phi) is 5.41. The topological polar surface area (TPSA) is 12.5 Å².